The second-order valence-electron chi connectivity index (χ2n) is 4.71. The Balaban J connectivity index is 1.73. The summed E-state index contributed by atoms with van der Waals surface area (Å²) in [5.74, 6) is -0.187. The molecule has 1 amide bonds. The summed E-state index contributed by atoms with van der Waals surface area (Å²) in [5.41, 5.74) is 3.18. The Morgan fingerprint density at radius 1 is 1.36 bits per heavy atom. The molecule has 0 saturated heterocycles. The first-order valence-corrected chi connectivity index (χ1v) is 7.88. The van der Waals surface area contributed by atoms with E-state index in [-0.39, 0.29) is 5.91 Å². The quantitative estimate of drug-likeness (QED) is 0.769. The number of aromatic amines is 1. The summed E-state index contributed by atoms with van der Waals surface area (Å²) in [6.07, 6.45) is 1.70. The van der Waals surface area contributed by atoms with Gasteiger partial charge in [0.25, 0.3) is 5.91 Å². The van der Waals surface area contributed by atoms with Gasteiger partial charge in [-0.05, 0) is 24.6 Å². The van der Waals surface area contributed by atoms with Crippen LogP contribution in [-0.2, 0) is 6.54 Å². The van der Waals surface area contributed by atoms with E-state index < -0.39 is 0 Å². The summed E-state index contributed by atoms with van der Waals surface area (Å²) in [5, 5.41) is 13.2. The van der Waals surface area contributed by atoms with Gasteiger partial charge in [0.05, 0.1) is 16.9 Å². The van der Waals surface area contributed by atoms with Crippen LogP contribution in [0.15, 0.2) is 35.8 Å². The second-order valence-corrected chi connectivity index (χ2v) is 6.21. The molecule has 2 heterocycles. The molecule has 0 unspecified atom stereocenters. The SMILES string of the molecule is Cc1nc(C(=O)NCc2cn[nH]c2-c2ccc(Cl)cc2)cs1. The molecule has 5 nitrogen and oxygen atoms in total. The molecule has 1 aromatic carbocycles. The molecule has 0 aliphatic rings. The van der Waals surface area contributed by atoms with Gasteiger partial charge >= 0.3 is 0 Å². The molecule has 0 radical (unpaired) electrons. The molecule has 0 fully saturated rings. The van der Waals surface area contributed by atoms with E-state index in [1.807, 2.05) is 31.2 Å². The summed E-state index contributed by atoms with van der Waals surface area (Å²) in [7, 11) is 0. The van der Waals surface area contributed by atoms with Gasteiger partial charge in [-0.1, -0.05) is 23.7 Å². The molecule has 2 aromatic heterocycles. The molecule has 3 aromatic rings. The number of nitrogens with one attached hydrogen (secondary N) is 2. The molecule has 112 valence electrons. The highest BCUT2D eigenvalue weighted by Crippen LogP contribution is 2.22. The van der Waals surface area contributed by atoms with Crippen molar-refractivity contribution in [1.82, 2.24) is 20.5 Å². The number of H-pyrrole nitrogens is 1. The van der Waals surface area contributed by atoms with Crippen molar-refractivity contribution in [3.63, 3.8) is 0 Å². The minimum atomic E-state index is -0.187. The van der Waals surface area contributed by atoms with Crippen LogP contribution in [-0.4, -0.2) is 21.1 Å². The minimum Gasteiger partial charge on any atom is -0.346 e. The van der Waals surface area contributed by atoms with Crippen LogP contribution in [0.5, 0.6) is 0 Å². The number of carbonyl (C=O) groups is 1. The zero-order chi connectivity index (χ0) is 15.5. The van der Waals surface area contributed by atoms with Gasteiger partial charge in [-0.15, -0.1) is 11.3 Å². The summed E-state index contributed by atoms with van der Waals surface area (Å²) in [6.45, 7) is 2.25. The third-order valence-electron chi connectivity index (χ3n) is 3.14. The molecule has 0 aliphatic heterocycles. The number of aryl methyl sites for hydroxylation is 1. The van der Waals surface area contributed by atoms with E-state index in [4.69, 9.17) is 11.6 Å². The van der Waals surface area contributed by atoms with Crippen LogP contribution in [0.4, 0.5) is 0 Å². The number of aromatic nitrogens is 3. The number of amides is 1. The van der Waals surface area contributed by atoms with Crippen LogP contribution < -0.4 is 5.32 Å². The zero-order valence-electron chi connectivity index (χ0n) is 11.8. The van der Waals surface area contributed by atoms with Gasteiger partial charge in [0.2, 0.25) is 0 Å². The average molecular weight is 333 g/mol. The number of halogens is 1. The molecule has 7 heteroatoms. The summed E-state index contributed by atoms with van der Waals surface area (Å²) < 4.78 is 0. The topological polar surface area (TPSA) is 70.7 Å². The minimum absolute atomic E-state index is 0.187. The van der Waals surface area contributed by atoms with Crippen molar-refractivity contribution in [2.75, 3.05) is 0 Å². The monoisotopic (exact) mass is 332 g/mol. The van der Waals surface area contributed by atoms with Crippen LogP contribution in [0.25, 0.3) is 11.3 Å². The highest BCUT2D eigenvalue weighted by atomic mass is 35.5. The van der Waals surface area contributed by atoms with Gasteiger partial charge in [-0.25, -0.2) is 4.98 Å². The molecular weight excluding hydrogens is 320 g/mol. The highest BCUT2D eigenvalue weighted by molar-refractivity contribution is 7.09. The maximum Gasteiger partial charge on any atom is 0.271 e. The van der Waals surface area contributed by atoms with Gasteiger partial charge < -0.3 is 5.32 Å². The first kappa shape index (κ1) is 14.7. The van der Waals surface area contributed by atoms with Gasteiger partial charge in [0, 0.05) is 22.5 Å². The highest BCUT2D eigenvalue weighted by Gasteiger charge is 2.12. The number of benzene rings is 1. The number of hydrogen-bond donors (Lipinski definition) is 2. The Hall–Kier alpha value is -2.18. The fourth-order valence-electron chi connectivity index (χ4n) is 2.05. The third kappa shape index (κ3) is 3.18. The standard InChI is InChI=1S/C15H13ClN4OS/c1-9-19-13(8-22-9)15(21)17-6-11-7-18-20-14(11)10-2-4-12(16)5-3-10/h2-5,7-8H,6H2,1H3,(H,17,21)(H,18,20). The number of thiazole rings is 1. The molecule has 0 saturated carbocycles. The normalized spacial score (nSPS) is 10.6. The van der Waals surface area contributed by atoms with E-state index >= 15 is 0 Å². The maximum atomic E-state index is 12.0. The van der Waals surface area contributed by atoms with Gasteiger partial charge in [-0.2, -0.15) is 5.10 Å². The van der Waals surface area contributed by atoms with Crippen LogP contribution in [0.3, 0.4) is 0 Å². The van der Waals surface area contributed by atoms with Crippen molar-refractivity contribution in [3.05, 3.63) is 57.1 Å². The van der Waals surface area contributed by atoms with E-state index in [1.54, 1.807) is 11.6 Å². The van der Waals surface area contributed by atoms with Crippen molar-refractivity contribution in [3.8, 4) is 11.3 Å². The molecular formula is C15H13ClN4OS. The van der Waals surface area contributed by atoms with Crippen molar-refractivity contribution in [2.45, 2.75) is 13.5 Å². The van der Waals surface area contributed by atoms with Crippen molar-refractivity contribution in [2.24, 2.45) is 0 Å². The molecule has 2 N–H and O–H groups in total. The number of rotatable bonds is 4. The zero-order valence-corrected chi connectivity index (χ0v) is 13.3. The lowest BCUT2D eigenvalue weighted by Gasteiger charge is -2.05. The van der Waals surface area contributed by atoms with E-state index in [2.05, 4.69) is 20.5 Å². The van der Waals surface area contributed by atoms with E-state index in [1.165, 1.54) is 11.3 Å². The number of hydrogen-bond acceptors (Lipinski definition) is 4. The predicted octanol–water partition coefficient (Wildman–Crippen LogP) is 3.43. The number of nitrogens with zero attached hydrogens (tertiary/aromatic N) is 2. The van der Waals surface area contributed by atoms with E-state index in [0.29, 0.717) is 17.3 Å². The van der Waals surface area contributed by atoms with Gasteiger partial charge in [-0.3, -0.25) is 9.89 Å². The largest absolute Gasteiger partial charge is 0.346 e. The van der Waals surface area contributed by atoms with Gasteiger partial charge in [0.15, 0.2) is 0 Å². The summed E-state index contributed by atoms with van der Waals surface area (Å²) in [6, 6.07) is 7.45. The Labute approximate surface area is 136 Å². The van der Waals surface area contributed by atoms with E-state index in [9.17, 15) is 4.79 Å². The van der Waals surface area contributed by atoms with Crippen LogP contribution in [0.1, 0.15) is 21.1 Å². The number of carbonyl (C=O) groups excluding carboxylic acids is 1. The Kier molecular flexibility index (Phi) is 4.22. The summed E-state index contributed by atoms with van der Waals surface area (Å²) >= 11 is 7.35. The molecule has 0 atom stereocenters. The lowest BCUT2D eigenvalue weighted by Crippen LogP contribution is -2.23. The lowest BCUT2D eigenvalue weighted by atomic mass is 10.1. The molecule has 22 heavy (non-hydrogen) atoms. The summed E-state index contributed by atoms with van der Waals surface area (Å²) in [4.78, 5) is 16.2. The molecule has 0 spiro atoms. The Morgan fingerprint density at radius 3 is 2.82 bits per heavy atom. The van der Waals surface area contributed by atoms with Crippen LogP contribution >= 0.6 is 22.9 Å². The van der Waals surface area contributed by atoms with Crippen LogP contribution in [0.2, 0.25) is 5.02 Å². The average Bonchev–Trinajstić information content (AvgIpc) is 3.14. The fourth-order valence-corrected chi connectivity index (χ4v) is 2.76. The fraction of sp³-hybridized carbons (Fsp3) is 0.133. The predicted molar refractivity (Wildman–Crippen MR) is 87.1 cm³/mol. The van der Waals surface area contributed by atoms with Crippen molar-refractivity contribution >= 4 is 28.8 Å². The van der Waals surface area contributed by atoms with Gasteiger partial charge in [0.1, 0.15) is 5.69 Å². The Bertz CT molecular complexity index is 794. The first-order chi connectivity index (χ1) is 10.6. The molecule has 3 rings (SSSR count). The van der Waals surface area contributed by atoms with Crippen molar-refractivity contribution < 1.29 is 4.79 Å². The van der Waals surface area contributed by atoms with Crippen molar-refractivity contribution in [1.29, 1.82) is 0 Å². The first-order valence-electron chi connectivity index (χ1n) is 6.62. The smallest absolute Gasteiger partial charge is 0.271 e. The second kappa shape index (κ2) is 6.29. The molecule has 0 aliphatic carbocycles. The maximum absolute atomic E-state index is 12.0. The Morgan fingerprint density at radius 2 is 2.14 bits per heavy atom. The lowest BCUT2D eigenvalue weighted by molar-refractivity contribution is 0.0946. The third-order valence-corrected chi connectivity index (χ3v) is 4.17. The molecule has 0 bridgehead atoms. The van der Waals surface area contributed by atoms with E-state index in [0.717, 1.165) is 21.8 Å². The van der Waals surface area contributed by atoms with Crippen LogP contribution in [0, 0.1) is 6.92 Å².